The fourth-order valence-electron chi connectivity index (χ4n) is 3.90. The number of nitrogens with zero attached hydrogens (tertiary/aromatic N) is 1. The zero-order valence-corrected chi connectivity index (χ0v) is 14.7. The summed E-state index contributed by atoms with van der Waals surface area (Å²) < 4.78 is 0. The number of nitrogens with one attached hydrogen (secondary N) is 3. The topological polar surface area (TPSA) is 90.5 Å². The van der Waals surface area contributed by atoms with E-state index in [4.69, 9.17) is 0 Å². The maximum atomic E-state index is 12.7. The number of rotatable bonds is 2. The van der Waals surface area contributed by atoms with Crippen LogP contribution in [-0.4, -0.2) is 48.9 Å². The molecule has 1 aromatic carbocycles. The Morgan fingerprint density at radius 2 is 1.72 bits per heavy atom. The first kappa shape index (κ1) is 17.7. The van der Waals surface area contributed by atoms with Crippen molar-refractivity contribution in [3.05, 3.63) is 35.4 Å². The van der Waals surface area contributed by atoms with Crippen molar-refractivity contribution in [2.45, 2.75) is 12.5 Å². The molecule has 25 heavy (non-hydrogen) atoms. The molecule has 0 bridgehead atoms. The molecule has 4 rings (SSSR count). The lowest BCUT2D eigenvalue weighted by molar-refractivity contribution is -0.123. The summed E-state index contributed by atoms with van der Waals surface area (Å²) in [6, 6.07) is 6.42. The highest BCUT2D eigenvalue weighted by molar-refractivity contribution is 6.07. The number of amides is 4. The van der Waals surface area contributed by atoms with Gasteiger partial charge in [0.05, 0.1) is 0 Å². The Kier molecular flexibility index (Phi) is 4.47. The molecule has 3 heterocycles. The van der Waals surface area contributed by atoms with Crippen molar-refractivity contribution in [3.8, 4) is 0 Å². The molecule has 4 amide bonds. The highest BCUT2D eigenvalue weighted by atomic mass is 35.5. The molecule has 3 atom stereocenters. The normalized spacial score (nSPS) is 30.5. The molecule has 0 radical (unpaired) electrons. The maximum Gasteiger partial charge on any atom is 0.322 e. The van der Waals surface area contributed by atoms with Crippen LogP contribution in [-0.2, 0) is 10.3 Å². The summed E-state index contributed by atoms with van der Waals surface area (Å²) in [6.07, 6.45) is 0. The predicted molar refractivity (Wildman–Crippen MR) is 93.5 cm³/mol. The molecule has 0 aromatic heterocycles. The molecular weight excluding hydrogens is 344 g/mol. The Morgan fingerprint density at radius 1 is 1.12 bits per heavy atom. The van der Waals surface area contributed by atoms with Gasteiger partial charge in [0.1, 0.15) is 5.54 Å². The van der Waals surface area contributed by atoms with E-state index in [2.05, 4.69) is 16.0 Å². The lowest BCUT2D eigenvalue weighted by atomic mass is 9.91. The van der Waals surface area contributed by atoms with Crippen LogP contribution in [0.15, 0.2) is 24.3 Å². The number of hydrogen-bond acceptors (Lipinski definition) is 4. The third kappa shape index (κ3) is 2.87. The third-order valence-corrected chi connectivity index (χ3v) is 5.43. The fourth-order valence-corrected chi connectivity index (χ4v) is 3.90. The largest absolute Gasteiger partial charge is 0.338 e. The van der Waals surface area contributed by atoms with Gasteiger partial charge >= 0.3 is 6.03 Å². The van der Waals surface area contributed by atoms with E-state index in [-0.39, 0.29) is 24.2 Å². The van der Waals surface area contributed by atoms with Crippen molar-refractivity contribution in [2.24, 2.45) is 11.8 Å². The maximum absolute atomic E-state index is 12.7. The van der Waals surface area contributed by atoms with Crippen LogP contribution in [0.1, 0.15) is 22.8 Å². The first-order valence-electron chi connectivity index (χ1n) is 8.21. The number of carbonyl (C=O) groups excluding carboxylic acids is 3. The molecule has 3 aliphatic rings. The standard InChI is InChI=1S/C17H20N4O3.ClH/c1-17(15(23)19-16(24)20-17)13-4-2-10(3-5-13)14(22)21-8-11-6-18-7-12(11)9-21;/h2-5,11-12,18H,6-9H2,1H3,(H2,19,20,23,24);1H/t11-,12+,17?;. The number of imide groups is 1. The minimum atomic E-state index is -1.09. The Morgan fingerprint density at radius 3 is 2.24 bits per heavy atom. The van der Waals surface area contributed by atoms with Crippen LogP contribution < -0.4 is 16.0 Å². The second-order valence-corrected chi connectivity index (χ2v) is 7.00. The van der Waals surface area contributed by atoms with Crippen molar-refractivity contribution in [2.75, 3.05) is 26.2 Å². The summed E-state index contributed by atoms with van der Waals surface area (Å²) in [5.41, 5.74) is 0.180. The number of fused-ring (bicyclic) bond motifs is 1. The van der Waals surface area contributed by atoms with Gasteiger partial charge in [0.2, 0.25) is 0 Å². The van der Waals surface area contributed by atoms with Gasteiger partial charge in [0.15, 0.2) is 0 Å². The SMILES string of the molecule is CC1(c2ccc(C(=O)N3C[C@H]4CNC[C@H]4C3)cc2)NC(=O)NC1=O.Cl. The molecule has 3 saturated heterocycles. The van der Waals surface area contributed by atoms with E-state index in [0.717, 1.165) is 26.2 Å². The van der Waals surface area contributed by atoms with E-state index in [9.17, 15) is 14.4 Å². The van der Waals surface area contributed by atoms with Crippen LogP contribution in [0.4, 0.5) is 4.79 Å². The average molecular weight is 365 g/mol. The Hall–Kier alpha value is -2.12. The number of halogens is 1. The van der Waals surface area contributed by atoms with Crippen LogP contribution in [0.2, 0.25) is 0 Å². The van der Waals surface area contributed by atoms with Crippen molar-refractivity contribution < 1.29 is 14.4 Å². The van der Waals surface area contributed by atoms with Crippen LogP contribution in [0.3, 0.4) is 0 Å². The first-order chi connectivity index (χ1) is 11.5. The summed E-state index contributed by atoms with van der Waals surface area (Å²) in [6.45, 7) is 5.22. The second-order valence-electron chi connectivity index (χ2n) is 7.00. The average Bonchev–Trinajstić information content (AvgIpc) is 3.21. The smallest absolute Gasteiger partial charge is 0.322 e. The van der Waals surface area contributed by atoms with E-state index >= 15 is 0 Å². The van der Waals surface area contributed by atoms with E-state index in [1.807, 2.05) is 4.90 Å². The van der Waals surface area contributed by atoms with E-state index < -0.39 is 11.6 Å². The molecule has 7 nitrogen and oxygen atoms in total. The predicted octanol–water partition coefficient (Wildman–Crippen LogP) is 0.454. The van der Waals surface area contributed by atoms with Gasteiger partial charge in [-0.3, -0.25) is 14.9 Å². The molecule has 1 aromatic rings. The third-order valence-electron chi connectivity index (χ3n) is 5.43. The van der Waals surface area contributed by atoms with Gasteiger partial charge in [-0.2, -0.15) is 0 Å². The molecule has 3 fully saturated rings. The monoisotopic (exact) mass is 364 g/mol. The number of likely N-dealkylation sites (tertiary alicyclic amines) is 1. The van der Waals surface area contributed by atoms with Crippen molar-refractivity contribution in [1.29, 1.82) is 0 Å². The van der Waals surface area contributed by atoms with Gasteiger partial charge in [-0.15, -0.1) is 12.4 Å². The lowest BCUT2D eigenvalue weighted by Crippen LogP contribution is -2.40. The first-order valence-corrected chi connectivity index (χ1v) is 8.21. The Bertz CT molecular complexity index is 711. The molecule has 0 saturated carbocycles. The highest BCUT2D eigenvalue weighted by Gasteiger charge is 2.43. The van der Waals surface area contributed by atoms with E-state index in [0.29, 0.717) is 23.0 Å². The quantitative estimate of drug-likeness (QED) is 0.665. The summed E-state index contributed by atoms with van der Waals surface area (Å²) in [5, 5.41) is 8.23. The molecule has 1 unspecified atom stereocenters. The number of urea groups is 1. The number of carbonyl (C=O) groups is 3. The van der Waals surface area contributed by atoms with Crippen LogP contribution >= 0.6 is 12.4 Å². The van der Waals surface area contributed by atoms with Crippen LogP contribution in [0, 0.1) is 11.8 Å². The van der Waals surface area contributed by atoms with E-state index in [1.54, 1.807) is 31.2 Å². The molecule has 3 N–H and O–H groups in total. The minimum absolute atomic E-state index is 0. The van der Waals surface area contributed by atoms with Gasteiger partial charge in [-0.05, 0) is 36.5 Å². The fraction of sp³-hybridized carbons (Fsp3) is 0.471. The van der Waals surface area contributed by atoms with Gasteiger partial charge in [-0.1, -0.05) is 12.1 Å². The molecule has 0 spiro atoms. The van der Waals surface area contributed by atoms with Crippen molar-refractivity contribution in [1.82, 2.24) is 20.9 Å². The summed E-state index contributed by atoms with van der Waals surface area (Å²) in [4.78, 5) is 37.9. The van der Waals surface area contributed by atoms with Crippen LogP contribution in [0.25, 0.3) is 0 Å². The van der Waals surface area contributed by atoms with E-state index in [1.165, 1.54) is 0 Å². The molecule has 3 aliphatic heterocycles. The number of benzene rings is 1. The molecule has 134 valence electrons. The Labute approximate surface area is 151 Å². The highest BCUT2D eigenvalue weighted by Crippen LogP contribution is 2.28. The van der Waals surface area contributed by atoms with Gasteiger partial charge in [-0.25, -0.2) is 4.79 Å². The van der Waals surface area contributed by atoms with Gasteiger partial charge in [0.25, 0.3) is 11.8 Å². The van der Waals surface area contributed by atoms with Crippen LogP contribution in [0.5, 0.6) is 0 Å². The second kappa shape index (κ2) is 6.31. The zero-order valence-electron chi connectivity index (χ0n) is 13.9. The van der Waals surface area contributed by atoms with Gasteiger partial charge in [0, 0.05) is 31.7 Å². The summed E-state index contributed by atoms with van der Waals surface area (Å²) in [7, 11) is 0. The lowest BCUT2D eigenvalue weighted by Gasteiger charge is -2.22. The van der Waals surface area contributed by atoms with Crippen molar-refractivity contribution >= 4 is 30.3 Å². The molecule has 0 aliphatic carbocycles. The minimum Gasteiger partial charge on any atom is -0.338 e. The van der Waals surface area contributed by atoms with Crippen molar-refractivity contribution in [3.63, 3.8) is 0 Å². The molecular formula is C17H21ClN4O3. The number of hydrogen-bond donors (Lipinski definition) is 3. The summed E-state index contributed by atoms with van der Waals surface area (Å²) in [5.74, 6) is 0.765. The zero-order chi connectivity index (χ0) is 16.9. The van der Waals surface area contributed by atoms with Gasteiger partial charge < -0.3 is 15.5 Å². The molecule has 8 heteroatoms. The Balaban J connectivity index is 0.00000182. The summed E-state index contributed by atoms with van der Waals surface area (Å²) >= 11 is 0.